The third-order valence-electron chi connectivity index (χ3n) is 9.90. The van der Waals surface area contributed by atoms with Gasteiger partial charge in [-0.1, -0.05) is 0 Å². The number of aromatic nitrogens is 4. The Balaban J connectivity index is 1.09. The van der Waals surface area contributed by atoms with Crippen molar-refractivity contribution in [2.75, 3.05) is 28.7 Å². The molecule has 4 aromatic rings. The molecule has 2 bridgehead atoms. The van der Waals surface area contributed by atoms with Gasteiger partial charge >= 0.3 is 6.36 Å². The number of thiazole rings is 1. The Bertz CT molecular complexity index is 1760. The highest BCUT2D eigenvalue weighted by molar-refractivity contribution is 7.21. The zero-order valence-electron chi connectivity index (χ0n) is 26.5. The fraction of sp³-hybridized carbons (Fsp3) is 0.515. The number of pyridine rings is 1. The summed E-state index contributed by atoms with van der Waals surface area (Å²) in [5.41, 5.74) is 3.91. The van der Waals surface area contributed by atoms with Crippen LogP contribution >= 0.6 is 11.3 Å². The average molecular weight is 686 g/mol. The lowest BCUT2D eigenvalue weighted by molar-refractivity contribution is -0.274. The number of nitrogens with one attached hydrogen (secondary N) is 2. The Kier molecular flexibility index (Phi) is 8.81. The maximum Gasteiger partial charge on any atom is 0.573 e. The van der Waals surface area contributed by atoms with Crippen LogP contribution in [0.3, 0.4) is 0 Å². The van der Waals surface area contributed by atoms with Crippen molar-refractivity contribution in [1.29, 1.82) is 0 Å². The zero-order valence-corrected chi connectivity index (χ0v) is 27.3. The van der Waals surface area contributed by atoms with Gasteiger partial charge in [0.1, 0.15) is 28.2 Å². The highest BCUT2D eigenvalue weighted by Crippen LogP contribution is 2.43. The molecule has 2 unspecified atom stereocenters. The van der Waals surface area contributed by atoms with Crippen molar-refractivity contribution < 1.29 is 33.2 Å². The molecule has 7 rings (SSSR count). The molecule has 0 amide bonds. The first-order valence-electron chi connectivity index (χ1n) is 16.2. The van der Waals surface area contributed by atoms with Crippen molar-refractivity contribution in [2.24, 2.45) is 11.8 Å². The largest absolute Gasteiger partial charge is 0.573 e. The third kappa shape index (κ3) is 6.48. The predicted octanol–water partition coefficient (Wildman–Crippen LogP) is 5.04. The molecule has 1 saturated carbocycles. The number of aliphatic hydroxyl groups excluding tert-OH is 3. The van der Waals surface area contributed by atoms with Gasteiger partial charge in [-0.15, -0.1) is 24.5 Å². The summed E-state index contributed by atoms with van der Waals surface area (Å²) in [6, 6.07) is 8.07. The van der Waals surface area contributed by atoms with E-state index in [1.165, 1.54) is 23.5 Å². The lowest BCUT2D eigenvalue weighted by atomic mass is 9.90. The van der Waals surface area contributed by atoms with Crippen LogP contribution in [0.25, 0.3) is 20.8 Å². The lowest BCUT2D eigenvalue weighted by Gasteiger charge is -2.40. The van der Waals surface area contributed by atoms with Crippen molar-refractivity contribution >= 4 is 39.0 Å². The molecular weight excluding hydrogens is 647 g/mol. The SMILES string of the molecule is Cc1nc(NCC2C[C@H]3CC[C@@H](C2)N3c2ccc(OC(F)(F)F)cc2)nc(NC2C[C@H](CO)[C@@H](O)[C@H]2O)c1-c1nc2c(C)nccc2s1. The van der Waals surface area contributed by atoms with Crippen molar-refractivity contribution in [3.05, 3.63) is 47.9 Å². The van der Waals surface area contributed by atoms with Gasteiger partial charge in [0.25, 0.3) is 0 Å². The van der Waals surface area contributed by atoms with E-state index in [9.17, 15) is 28.5 Å². The summed E-state index contributed by atoms with van der Waals surface area (Å²) in [6.45, 7) is 4.21. The van der Waals surface area contributed by atoms with Gasteiger partial charge in [-0.25, -0.2) is 9.97 Å². The van der Waals surface area contributed by atoms with Crippen LogP contribution in [0.5, 0.6) is 5.75 Å². The molecule has 1 aromatic carbocycles. The third-order valence-corrected chi connectivity index (χ3v) is 10.9. The van der Waals surface area contributed by atoms with Gasteiger partial charge in [-0.2, -0.15) is 4.98 Å². The van der Waals surface area contributed by atoms with Crippen molar-refractivity contribution in [2.45, 2.75) is 82.6 Å². The molecule has 2 saturated heterocycles. The van der Waals surface area contributed by atoms with Crippen LogP contribution in [0.4, 0.5) is 30.6 Å². The number of fused-ring (bicyclic) bond motifs is 3. The number of halogens is 3. The van der Waals surface area contributed by atoms with Crippen LogP contribution < -0.4 is 20.3 Å². The van der Waals surface area contributed by atoms with Crippen molar-refractivity contribution in [3.63, 3.8) is 0 Å². The first-order valence-corrected chi connectivity index (χ1v) is 17.0. The molecule has 5 N–H and O–H groups in total. The van der Waals surface area contributed by atoms with Gasteiger partial charge in [0.05, 0.1) is 33.8 Å². The number of piperidine rings is 1. The fourth-order valence-corrected chi connectivity index (χ4v) is 8.77. The minimum Gasteiger partial charge on any atom is -0.406 e. The summed E-state index contributed by atoms with van der Waals surface area (Å²) < 4.78 is 42.9. The molecule has 0 spiro atoms. The van der Waals surface area contributed by atoms with E-state index in [0.717, 1.165) is 47.3 Å². The number of rotatable bonds is 9. The number of alkyl halides is 3. The molecule has 15 heteroatoms. The molecule has 3 fully saturated rings. The van der Waals surface area contributed by atoms with Crippen LogP contribution in [0.1, 0.15) is 43.5 Å². The first kappa shape index (κ1) is 32.7. The van der Waals surface area contributed by atoms with Gasteiger partial charge in [-0.05, 0) is 82.2 Å². The maximum atomic E-state index is 12.6. The Morgan fingerprint density at radius 2 is 1.69 bits per heavy atom. The number of hydrogen-bond acceptors (Lipinski definition) is 12. The van der Waals surface area contributed by atoms with E-state index >= 15 is 0 Å². The number of hydrogen-bond donors (Lipinski definition) is 5. The number of ether oxygens (including phenoxy) is 1. The summed E-state index contributed by atoms with van der Waals surface area (Å²) in [5, 5.41) is 38.5. The van der Waals surface area contributed by atoms with Crippen molar-refractivity contribution in [1.82, 2.24) is 19.9 Å². The topological polar surface area (TPSA) is 149 Å². The van der Waals surface area contributed by atoms with Crippen LogP contribution in [0.2, 0.25) is 0 Å². The first-order chi connectivity index (χ1) is 23.0. The molecule has 7 atom stereocenters. The Hall–Kier alpha value is -3.79. The quantitative estimate of drug-likeness (QED) is 0.161. The van der Waals surface area contributed by atoms with Gasteiger partial charge in [0.2, 0.25) is 5.95 Å². The second-order valence-corrected chi connectivity index (χ2v) is 14.1. The molecular formula is C33H38F3N7O4S. The van der Waals surface area contributed by atoms with Gasteiger partial charge in [0.15, 0.2) is 0 Å². The molecule has 11 nitrogen and oxygen atoms in total. The van der Waals surface area contributed by atoms with Crippen LogP contribution in [-0.2, 0) is 0 Å². The second kappa shape index (κ2) is 12.9. The van der Waals surface area contributed by atoms with Crippen LogP contribution in [-0.4, -0.2) is 85.1 Å². The van der Waals surface area contributed by atoms with E-state index < -0.39 is 30.5 Å². The number of aliphatic hydroxyl groups is 3. The highest BCUT2D eigenvalue weighted by Gasteiger charge is 2.43. The highest BCUT2D eigenvalue weighted by atomic mass is 32.1. The summed E-state index contributed by atoms with van der Waals surface area (Å²) in [6.07, 6.45) is -0.879. The summed E-state index contributed by atoms with van der Waals surface area (Å²) in [5.74, 6) is 0.570. The molecule has 256 valence electrons. The van der Waals surface area contributed by atoms with E-state index in [-0.39, 0.29) is 24.4 Å². The summed E-state index contributed by atoms with van der Waals surface area (Å²) >= 11 is 1.50. The number of aryl methyl sites for hydroxylation is 2. The number of anilines is 3. The van der Waals surface area contributed by atoms with Gasteiger partial charge in [-0.3, -0.25) is 4.98 Å². The van der Waals surface area contributed by atoms with E-state index in [1.807, 2.05) is 19.9 Å². The fourth-order valence-electron chi connectivity index (χ4n) is 7.66. The average Bonchev–Trinajstić information content (AvgIpc) is 3.67. The molecule has 48 heavy (non-hydrogen) atoms. The maximum absolute atomic E-state index is 12.6. The number of benzene rings is 1. The molecule has 1 aliphatic carbocycles. The Morgan fingerprint density at radius 3 is 2.33 bits per heavy atom. The van der Waals surface area contributed by atoms with E-state index in [4.69, 9.17) is 15.0 Å². The minimum atomic E-state index is -4.72. The van der Waals surface area contributed by atoms with E-state index in [1.54, 1.807) is 18.3 Å². The molecule has 3 aromatic heterocycles. The lowest BCUT2D eigenvalue weighted by Crippen LogP contribution is -2.44. The smallest absolute Gasteiger partial charge is 0.406 e. The van der Waals surface area contributed by atoms with Gasteiger partial charge < -0.3 is 35.6 Å². The molecule has 0 radical (unpaired) electrons. The van der Waals surface area contributed by atoms with E-state index in [2.05, 4.69) is 25.3 Å². The molecule has 5 heterocycles. The van der Waals surface area contributed by atoms with E-state index in [0.29, 0.717) is 46.9 Å². The molecule has 2 aliphatic heterocycles. The predicted molar refractivity (Wildman–Crippen MR) is 176 cm³/mol. The number of nitrogens with zero attached hydrogens (tertiary/aromatic N) is 5. The summed E-state index contributed by atoms with van der Waals surface area (Å²) in [4.78, 5) is 21.3. The standard InChI is InChI=1S/C33H38F3N7O4S/c1-16-26(31-41-27-17(2)37-10-9-25(27)48-31)30(40-24-13-19(15-44)28(45)29(24)46)42-32(39-16)38-14-18-11-21-3-4-22(12-18)43(21)20-5-7-23(8-6-20)47-33(34,35)36/h5-10,18-19,21-22,24,28-29,44-46H,3-4,11-15H2,1-2H3,(H2,38,39,40,42)/t18?,19-,21-,22+,24?,28-,29+/m1/s1. The Labute approximate surface area is 279 Å². The summed E-state index contributed by atoms with van der Waals surface area (Å²) in [7, 11) is 0. The Morgan fingerprint density at radius 1 is 0.958 bits per heavy atom. The van der Waals surface area contributed by atoms with Crippen LogP contribution in [0, 0.1) is 25.7 Å². The second-order valence-electron chi connectivity index (χ2n) is 13.1. The van der Waals surface area contributed by atoms with Crippen molar-refractivity contribution in [3.8, 4) is 16.3 Å². The normalized spacial score (nSPS) is 27.1. The molecule has 3 aliphatic rings. The van der Waals surface area contributed by atoms with Crippen LogP contribution in [0.15, 0.2) is 36.5 Å². The monoisotopic (exact) mass is 685 g/mol. The van der Waals surface area contributed by atoms with Gasteiger partial charge in [0, 0.05) is 43.0 Å². The zero-order chi connectivity index (χ0) is 33.7. The minimum absolute atomic E-state index is 0.227.